The zero-order valence-electron chi connectivity index (χ0n) is 12.9. The van der Waals surface area contributed by atoms with E-state index in [2.05, 4.69) is 4.90 Å². The molecule has 0 unspecified atom stereocenters. The van der Waals surface area contributed by atoms with Gasteiger partial charge in [0.1, 0.15) is 5.82 Å². The van der Waals surface area contributed by atoms with Crippen LogP contribution in [0, 0.1) is 5.82 Å². The highest BCUT2D eigenvalue weighted by Gasteiger charge is 2.24. The lowest BCUT2D eigenvalue weighted by atomic mass is 10.1. The third-order valence-corrected chi connectivity index (χ3v) is 4.14. The quantitative estimate of drug-likeness (QED) is 0.848. The number of hydrogen-bond acceptors (Lipinski definition) is 4. The number of aromatic carboxylic acids is 1. The monoisotopic (exact) mass is 327 g/mol. The van der Waals surface area contributed by atoms with E-state index in [1.54, 1.807) is 29.2 Å². The van der Waals surface area contributed by atoms with Gasteiger partial charge in [0.2, 0.25) is 0 Å². The van der Waals surface area contributed by atoms with Crippen LogP contribution in [0.1, 0.15) is 20.7 Å². The molecule has 0 saturated carbocycles. The molecule has 1 heterocycles. The Labute approximate surface area is 138 Å². The summed E-state index contributed by atoms with van der Waals surface area (Å²) in [5.74, 6) is -1.95. The van der Waals surface area contributed by atoms with Crippen molar-refractivity contribution in [3.63, 3.8) is 0 Å². The maximum atomic E-state index is 13.0. The summed E-state index contributed by atoms with van der Waals surface area (Å²) in [6.07, 6.45) is 0. The Morgan fingerprint density at radius 2 is 1.46 bits per heavy atom. The second-order valence-electron chi connectivity index (χ2n) is 5.59. The maximum absolute atomic E-state index is 13.0. The maximum Gasteiger partial charge on any atom is 0.254 e. The average Bonchev–Trinajstić information content (AvgIpc) is 2.62. The first-order valence-electron chi connectivity index (χ1n) is 7.66. The number of benzene rings is 2. The lowest BCUT2D eigenvalue weighted by molar-refractivity contribution is -0.255. The molecule has 1 amide bonds. The second kappa shape index (κ2) is 6.70. The first kappa shape index (κ1) is 16.0. The molecule has 0 spiro atoms. The number of hydrogen-bond donors (Lipinski definition) is 0. The Balaban J connectivity index is 1.69. The molecule has 5 nitrogen and oxygen atoms in total. The molecular formula is C18H16FN2O3-. The third-order valence-electron chi connectivity index (χ3n) is 4.14. The van der Waals surface area contributed by atoms with Crippen molar-refractivity contribution in [2.45, 2.75) is 0 Å². The number of carbonyl (C=O) groups excluding carboxylic acids is 2. The molecular weight excluding hydrogens is 311 g/mol. The summed E-state index contributed by atoms with van der Waals surface area (Å²) in [7, 11) is 0. The zero-order chi connectivity index (χ0) is 17.1. The lowest BCUT2D eigenvalue weighted by Gasteiger charge is -2.36. The smallest absolute Gasteiger partial charge is 0.254 e. The normalized spacial score (nSPS) is 14.5. The number of carboxylic acid groups (broad SMARTS) is 1. The van der Waals surface area contributed by atoms with E-state index in [1.165, 1.54) is 24.3 Å². The number of anilines is 1. The number of piperazine rings is 1. The fourth-order valence-corrected chi connectivity index (χ4v) is 2.84. The van der Waals surface area contributed by atoms with Gasteiger partial charge in [-0.1, -0.05) is 18.2 Å². The minimum atomic E-state index is -1.36. The van der Waals surface area contributed by atoms with Crippen LogP contribution in [0.2, 0.25) is 0 Å². The Bertz CT molecular complexity index is 753. The summed E-state index contributed by atoms with van der Waals surface area (Å²) in [5.41, 5.74) is 0.954. The van der Waals surface area contributed by atoms with E-state index < -0.39 is 5.97 Å². The van der Waals surface area contributed by atoms with Crippen molar-refractivity contribution in [3.05, 3.63) is 65.5 Å². The molecule has 124 valence electrons. The Hall–Kier alpha value is -2.89. The lowest BCUT2D eigenvalue weighted by Crippen LogP contribution is -2.49. The van der Waals surface area contributed by atoms with Crippen LogP contribution in [0.4, 0.5) is 10.1 Å². The van der Waals surface area contributed by atoms with Gasteiger partial charge in [-0.2, -0.15) is 0 Å². The van der Waals surface area contributed by atoms with Gasteiger partial charge >= 0.3 is 0 Å². The van der Waals surface area contributed by atoms with Crippen LogP contribution in [0.25, 0.3) is 0 Å². The molecule has 0 N–H and O–H groups in total. The summed E-state index contributed by atoms with van der Waals surface area (Å²) in [5, 5.41) is 11.2. The average molecular weight is 327 g/mol. The predicted octanol–water partition coefficient (Wildman–Crippen LogP) is 1.15. The SMILES string of the molecule is O=C([O-])c1ccccc1C(=O)N1CCN(c2ccc(F)cc2)CC1. The fourth-order valence-electron chi connectivity index (χ4n) is 2.84. The molecule has 2 aromatic carbocycles. The minimum absolute atomic E-state index is 0.0940. The van der Waals surface area contributed by atoms with Crippen LogP contribution in [-0.2, 0) is 0 Å². The molecule has 1 saturated heterocycles. The van der Waals surface area contributed by atoms with Crippen molar-refractivity contribution >= 4 is 17.6 Å². The number of nitrogens with zero attached hydrogens (tertiary/aromatic N) is 2. The van der Waals surface area contributed by atoms with Crippen molar-refractivity contribution in [1.82, 2.24) is 4.90 Å². The summed E-state index contributed by atoms with van der Waals surface area (Å²) in [4.78, 5) is 27.4. The number of amides is 1. The van der Waals surface area contributed by atoms with Crippen molar-refractivity contribution in [2.75, 3.05) is 31.1 Å². The third kappa shape index (κ3) is 3.22. The molecule has 1 aliphatic rings. The molecule has 3 rings (SSSR count). The zero-order valence-corrected chi connectivity index (χ0v) is 12.9. The van der Waals surface area contributed by atoms with Gasteiger partial charge in [0.25, 0.3) is 5.91 Å². The molecule has 0 aliphatic carbocycles. The summed E-state index contributed by atoms with van der Waals surface area (Å²) in [6, 6.07) is 12.3. The molecule has 24 heavy (non-hydrogen) atoms. The summed E-state index contributed by atoms with van der Waals surface area (Å²) >= 11 is 0. The van der Waals surface area contributed by atoms with E-state index >= 15 is 0 Å². The van der Waals surface area contributed by atoms with E-state index in [9.17, 15) is 19.1 Å². The highest BCUT2D eigenvalue weighted by atomic mass is 19.1. The van der Waals surface area contributed by atoms with Gasteiger partial charge in [-0.3, -0.25) is 4.79 Å². The van der Waals surface area contributed by atoms with E-state index in [-0.39, 0.29) is 22.9 Å². The highest BCUT2D eigenvalue weighted by Crippen LogP contribution is 2.19. The van der Waals surface area contributed by atoms with E-state index in [4.69, 9.17) is 0 Å². The standard InChI is InChI=1S/C18H17FN2O3/c19-13-5-7-14(8-6-13)20-9-11-21(12-10-20)17(22)15-3-1-2-4-16(15)18(23)24/h1-8H,9-12H2,(H,23,24)/p-1. The predicted molar refractivity (Wildman–Crippen MR) is 85.3 cm³/mol. The van der Waals surface area contributed by atoms with Crippen LogP contribution in [0.5, 0.6) is 0 Å². The van der Waals surface area contributed by atoms with Crippen molar-refractivity contribution in [3.8, 4) is 0 Å². The molecule has 2 aromatic rings. The van der Waals surface area contributed by atoms with Gasteiger partial charge in [-0.25, -0.2) is 4.39 Å². The van der Waals surface area contributed by atoms with Gasteiger partial charge in [0.05, 0.1) is 5.97 Å². The van der Waals surface area contributed by atoms with Gasteiger partial charge in [-0.05, 0) is 30.3 Å². The first-order chi connectivity index (χ1) is 11.6. The van der Waals surface area contributed by atoms with E-state index in [0.717, 1.165) is 5.69 Å². The number of carboxylic acids is 1. The summed E-state index contributed by atoms with van der Waals surface area (Å²) in [6.45, 7) is 2.14. The number of carbonyl (C=O) groups is 2. The second-order valence-corrected chi connectivity index (χ2v) is 5.59. The first-order valence-corrected chi connectivity index (χ1v) is 7.66. The largest absolute Gasteiger partial charge is 0.545 e. The highest BCUT2D eigenvalue weighted by molar-refractivity contribution is 6.04. The van der Waals surface area contributed by atoms with Crippen LogP contribution in [0.3, 0.4) is 0 Å². The van der Waals surface area contributed by atoms with Crippen LogP contribution in [-0.4, -0.2) is 43.0 Å². The molecule has 1 fully saturated rings. The van der Waals surface area contributed by atoms with Gasteiger partial charge in [0.15, 0.2) is 0 Å². The van der Waals surface area contributed by atoms with E-state index in [0.29, 0.717) is 26.2 Å². The van der Waals surface area contributed by atoms with Crippen molar-refractivity contribution < 1.29 is 19.1 Å². The van der Waals surface area contributed by atoms with Crippen LogP contribution < -0.4 is 10.0 Å². The molecule has 1 aliphatic heterocycles. The van der Waals surface area contributed by atoms with E-state index in [1.807, 2.05) is 0 Å². The van der Waals surface area contributed by atoms with Gasteiger partial charge < -0.3 is 19.7 Å². The molecule has 0 aromatic heterocycles. The Morgan fingerprint density at radius 3 is 2.04 bits per heavy atom. The molecule has 0 bridgehead atoms. The summed E-state index contributed by atoms with van der Waals surface area (Å²) < 4.78 is 13.0. The molecule has 0 radical (unpaired) electrons. The molecule has 0 atom stereocenters. The molecule has 6 heteroatoms. The Morgan fingerprint density at radius 1 is 0.875 bits per heavy atom. The number of rotatable bonds is 3. The van der Waals surface area contributed by atoms with Crippen LogP contribution in [0.15, 0.2) is 48.5 Å². The minimum Gasteiger partial charge on any atom is -0.545 e. The van der Waals surface area contributed by atoms with Crippen LogP contribution >= 0.6 is 0 Å². The fraction of sp³-hybridized carbons (Fsp3) is 0.222. The van der Waals surface area contributed by atoms with Crippen molar-refractivity contribution in [2.24, 2.45) is 0 Å². The number of halogens is 1. The Kier molecular flexibility index (Phi) is 4.46. The van der Waals surface area contributed by atoms with Crippen molar-refractivity contribution in [1.29, 1.82) is 0 Å². The van der Waals surface area contributed by atoms with Gasteiger partial charge in [-0.15, -0.1) is 0 Å². The van der Waals surface area contributed by atoms with Gasteiger partial charge in [0, 0.05) is 43.0 Å². The topological polar surface area (TPSA) is 63.7 Å².